The molecule has 0 aliphatic carbocycles. The summed E-state index contributed by atoms with van der Waals surface area (Å²) in [6.45, 7) is 0.515. The molecule has 0 aliphatic heterocycles. The summed E-state index contributed by atoms with van der Waals surface area (Å²) in [7, 11) is 3.28. The lowest BCUT2D eigenvalue weighted by Gasteiger charge is -2.06. The first-order valence-corrected chi connectivity index (χ1v) is 7.61. The van der Waals surface area contributed by atoms with Gasteiger partial charge in [-0.3, -0.25) is 9.48 Å². The molecule has 23 heavy (non-hydrogen) atoms. The van der Waals surface area contributed by atoms with Crippen molar-refractivity contribution < 1.29 is 24.2 Å². The minimum atomic E-state index is -1.11. The Bertz CT molecular complexity index is 694. The van der Waals surface area contributed by atoms with E-state index in [0.29, 0.717) is 24.3 Å². The fourth-order valence-corrected chi connectivity index (χ4v) is 2.88. The zero-order valence-electron chi connectivity index (χ0n) is 12.7. The summed E-state index contributed by atoms with van der Waals surface area (Å²) in [5.41, 5.74) is 1.25. The van der Waals surface area contributed by atoms with E-state index in [1.54, 1.807) is 29.5 Å². The molecule has 0 atom stereocenters. The second-order valence-electron chi connectivity index (χ2n) is 4.65. The number of nitrogens with one attached hydrogen (secondary N) is 1. The summed E-state index contributed by atoms with van der Waals surface area (Å²) in [5.74, 6) is -1.52. The van der Waals surface area contributed by atoms with Crippen molar-refractivity contribution in [3.8, 4) is 11.1 Å². The zero-order valence-corrected chi connectivity index (χ0v) is 13.6. The number of carboxylic acids is 1. The van der Waals surface area contributed by atoms with E-state index < -0.39 is 11.9 Å². The maximum atomic E-state index is 11.8. The Labute approximate surface area is 136 Å². The standard InChI is InChI=1S/C14H17N3O5S/c1-17-6-9(5-15-17)10-8-23-13(12(10)14(19)20)16-11(18)7-22-4-3-21-2/h5-6,8H,3-4,7H2,1-2H3,(H,16,18)(H,19,20). The third-order valence-electron chi connectivity index (χ3n) is 2.94. The number of anilines is 1. The monoisotopic (exact) mass is 339 g/mol. The number of carboxylic acid groups (broad SMARTS) is 1. The van der Waals surface area contributed by atoms with E-state index in [0.717, 1.165) is 11.3 Å². The number of methoxy groups -OCH3 is 1. The van der Waals surface area contributed by atoms with Crippen LogP contribution in [-0.4, -0.2) is 53.7 Å². The number of rotatable bonds is 8. The van der Waals surface area contributed by atoms with Crippen molar-refractivity contribution in [1.82, 2.24) is 9.78 Å². The Hall–Kier alpha value is -2.23. The maximum absolute atomic E-state index is 11.8. The van der Waals surface area contributed by atoms with E-state index in [-0.39, 0.29) is 17.2 Å². The van der Waals surface area contributed by atoms with E-state index in [2.05, 4.69) is 10.4 Å². The Morgan fingerprint density at radius 3 is 2.83 bits per heavy atom. The number of thiophene rings is 1. The van der Waals surface area contributed by atoms with Crippen molar-refractivity contribution in [3.63, 3.8) is 0 Å². The molecule has 0 saturated heterocycles. The van der Waals surface area contributed by atoms with Gasteiger partial charge in [-0.2, -0.15) is 5.10 Å². The van der Waals surface area contributed by atoms with Crippen LogP contribution in [0.2, 0.25) is 0 Å². The molecule has 124 valence electrons. The van der Waals surface area contributed by atoms with Crippen LogP contribution >= 0.6 is 11.3 Å². The number of carbonyl (C=O) groups is 2. The molecule has 0 fully saturated rings. The fourth-order valence-electron chi connectivity index (χ4n) is 1.90. The molecule has 9 heteroatoms. The number of nitrogens with zero attached hydrogens (tertiary/aromatic N) is 2. The van der Waals surface area contributed by atoms with Crippen molar-refractivity contribution in [1.29, 1.82) is 0 Å². The van der Waals surface area contributed by atoms with Crippen molar-refractivity contribution >= 4 is 28.2 Å². The Morgan fingerprint density at radius 2 is 2.22 bits per heavy atom. The van der Waals surface area contributed by atoms with Gasteiger partial charge in [0, 0.05) is 36.9 Å². The number of hydrogen-bond acceptors (Lipinski definition) is 6. The molecule has 0 aromatic carbocycles. The van der Waals surface area contributed by atoms with Gasteiger partial charge in [-0.05, 0) is 0 Å². The average molecular weight is 339 g/mol. The third-order valence-corrected chi connectivity index (χ3v) is 3.83. The largest absolute Gasteiger partial charge is 0.478 e. The first-order valence-electron chi connectivity index (χ1n) is 6.73. The molecular formula is C14H17N3O5S. The molecule has 2 heterocycles. The van der Waals surface area contributed by atoms with Crippen LogP contribution in [0.15, 0.2) is 17.8 Å². The van der Waals surface area contributed by atoms with Gasteiger partial charge in [0.05, 0.1) is 19.4 Å². The molecule has 0 aliphatic rings. The molecule has 2 aromatic rings. The van der Waals surface area contributed by atoms with E-state index in [1.807, 2.05) is 0 Å². The number of carbonyl (C=O) groups excluding carboxylic acids is 1. The molecule has 0 bridgehead atoms. The first-order chi connectivity index (χ1) is 11.0. The highest BCUT2D eigenvalue weighted by molar-refractivity contribution is 7.15. The molecular weight excluding hydrogens is 322 g/mol. The smallest absolute Gasteiger partial charge is 0.339 e. The van der Waals surface area contributed by atoms with Crippen molar-refractivity contribution in [2.75, 3.05) is 32.2 Å². The molecule has 2 aromatic heterocycles. The predicted molar refractivity (Wildman–Crippen MR) is 84.8 cm³/mol. The highest BCUT2D eigenvalue weighted by Crippen LogP contribution is 2.35. The van der Waals surface area contributed by atoms with Gasteiger partial charge in [0.2, 0.25) is 0 Å². The minimum absolute atomic E-state index is 0.0493. The van der Waals surface area contributed by atoms with Crippen LogP contribution < -0.4 is 5.32 Å². The average Bonchev–Trinajstić information content (AvgIpc) is 3.09. The molecule has 0 spiro atoms. The van der Waals surface area contributed by atoms with E-state index in [4.69, 9.17) is 9.47 Å². The Balaban J connectivity index is 2.12. The Kier molecular flexibility index (Phi) is 5.85. The Morgan fingerprint density at radius 1 is 1.43 bits per heavy atom. The number of aromatic carboxylic acids is 1. The van der Waals surface area contributed by atoms with Crippen LogP contribution in [0.5, 0.6) is 0 Å². The van der Waals surface area contributed by atoms with Crippen LogP contribution in [0.4, 0.5) is 5.00 Å². The number of aryl methyl sites for hydroxylation is 1. The highest BCUT2D eigenvalue weighted by Gasteiger charge is 2.21. The fraction of sp³-hybridized carbons (Fsp3) is 0.357. The molecule has 0 radical (unpaired) electrons. The van der Waals surface area contributed by atoms with Crippen molar-refractivity contribution in [2.45, 2.75) is 0 Å². The van der Waals surface area contributed by atoms with E-state index in [1.165, 1.54) is 7.11 Å². The second kappa shape index (κ2) is 7.86. The SMILES string of the molecule is COCCOCC(=O)Nc1scc(-c2cnn(C)c2)c1C(=O)O. The molecule has 2 rings (SSSR count). The molecule has 8 nitrogen and oxygen atoms in total. The lowest BCUT2D eigenvalue weighted by Crippen LogP contribution is -2.20. The minimum Gasteiger partial charge on any atom is -0.478 e. The quantitative estimate of drug-likeness (QED) is 0.706. The summed E-state index contributed by atoms with van der Waals surface area (Å²) < 4.78 is 11.5. The van der Waals surface area contributed by atoms with Crippen LogP contribution in [0, 0.1) is 0 Å². The van der Waals surface area contributed by atoms with Crippen LogP contribution in [0.3, 0.4) is 0 Å². The first kappa shape index (κ1) is 17.1. The summed E-state index contributed by atoms with van der Waals surface area (Å²) in [6, 6.07) is 0. The highest BCUT2D eigenvalue weighted by atomic mass is 32.1. The predicted octanol–water partition coefficient (Wildman–Crippen LogP) is 1.45. The van der Waals surface area contributed by atoms with E-state index >= 15 is 0 Å². The van der Waals surface area contributed by atoms with Crippen LogP contribution in [0.1, 0.15) is 10.4 Å². The lowest BCUT2D eigenvalue weighted by atomic mass is 10.1. The van der Waals surface area contributed by atoms with Gasteiger partial charge in [0.1, 0.15) is 17.2 Å². The van der Waals surface area contributed by atoms with Gasteiger partial charge in [0.25, 0.3) is 5.91 Å². The summed E-state index contributed by atoms with van der Waals surface area (Å²) in [6.07, 6.45) is 3.29. The summed E-state index contributed by atoms with van der Waals surface area (Å²) >= 11 is 1.15. The lowest BCUT2D eigenvalue weighted by molar-refractivity contribution is -0.121. The molecule has 0 saturated carbocycles. The number of hydrogen-bond donors (Lipinski definition) is 2. The van der Waals surface area contributed by atoms with E-state index in [9.17, 15) is 14.7 Å². The topological polar surface area (TPSA) is 103 Å². The van der Waals surface area contributed by atoms with Gasteiger partial charge < -0.3 is 19.9 Å². The van der Waals surface area contributed by atoms with Gasteiger partial charge >= 0.3 is 5.97 Å². The number of amides is 1. The normalized spacial score (nSPS) is 10.7. The van der Waals surface area contributed by atoms with Crippen LogP contribution in [0.25, 0.3) is 11.1 Å². The van der Waals surface area contributed by atoms with Gasteiger partial charge in [-0.25, -0.2) is 4.79 Å². The van der Waals surface area contributed by atoms with Gasteiger partial charge in [-0.1, -0.05) is 0 Å². The zero-order chi connectivity index (χ0) is 16.8. The summed E-state index contributed by atoms with van der Waals surface area (Å²) in [5, 5.41) is 18.0. The number of ether oxygens (including phenoxy) is 2. The number of aromatic nitrogens is 2. The van der Waals surface area contributed by atoms with Crippen molar-refractivity contribution in [2.24, 2.45) is 7.05 Å². The van der Waals surface area contributed by atoms with Gasteiger partial charge in [0.15, 0.2) is 0 Å². The maximum Gasteiger partial charge on any atom is 0.339 e. The second-order valence-corrected chi connectivity index (χ2v) is 5.53. The molecule has 0 unspecified atom stereocenters. The molecule has 2 N–H and O–H groups in total. The summed E-state index contributed by atoms with van der Waals surface area (Å²) in [4.78, 5) is 23.4. The third kappa shape index (κ3) is 4.38. The van der Waals surface area contributed by atoms with Gasteiger partial charge in [-0.15, -0.1) is 11.3 Å². The van der Waals surface area contributed by atoms with Crippen LogP contribution in [-0.2, 0) is 21.3 Å². The molecule has 1 amide bonds. The van der Waals surface area contributed by atoms with Crippen molar-refractivity contribution in [3.05, 3.63) is 23.3 Å².